The van der Waals surface area contributed by atoms with Crippen LogP contribution in [0, 0.1) is 6.92 Å². The minimum absolute atomic E-state index is 0.124. The van der Waals surface area contributed by atoms with Crippen LogP contribution in [0.1, 0.15) is 35.3 Å². The molecule has 0 aliphatic carbocycles. The maximum Gasteiger partial charge on any atom is 0.260 e. The Labute approximate surface area is 203 Å². The van der Waals surface area contributed by atoms with E-state index in [1.807, 2.05) is 31.2 Å². The Hall–Kier alpha value is -3.30. The third kappa shape index (κ3) is 4.53. The highest BCUT2D eigenvalue weighted by molar-refractivity contribution is 7.92. The van der Waals surface area contributed by atoms with Gasteiger partial charge in [0.2, 0.25) is 0 Å². The number of aromatic nitrogens is 2. The average molecular weight is 496 g/mol. The first-order valence-corrected chi connectivity index (χ1v) is 13.1. The van der Waals surface area contributed by atoms with Crippen LogP contribution in [0.25, 0.3) is 10.2 Å². The van der Waals surface area contributed by atoms with Crippen molar-refractivity contribution in [2.75, 3.05) is 12.0 Å². The number of pyridine rings is 1. The number of hydrogen-bond acceptors (Lipinski definition) is 7. The van der Waals surface area contributed by atoms with E-state index in [-0.39, 0.29) is 22.9 Å². The number of benzene rings is 2. The molecule has 0 unspecified atom stereocenters. The van der Waals surface area contributed by atoms with Gasteiger partial charge < -0.3 is 4.74 Å². The second-order valence-electron chi connectivity index (χ2n) is 8.13. The number of aryl methyl sites for hydroxylation is 1. The van der Waals surface area contributed by atoms with Crippen LogP contribution in [0.3, 0.4) is 0 Å². The summed E-state index contributed by atoms with van der Waals surface area (Å²) in [5.74, 6) is 0.290. The fourth-order valence-electron chi connectivity index (χ4n) is 3.51. The van der Waals surface area contributed by atoms with Crippen molar-refractivity contribution in [1.82, 2.24) is 9.97 Å². The molecule has 0 atom stereocenters. The van der Waals surface area contributed by atoms with Crippen LogP contribution in [0.5, 0.6) is 5.75 Å². The summed E-state index contributed by atoms with van der Waals surface area (Å²) in [4.78, 5) is 24.3. The second-order valence-corrected chi connectivity index (χ2v) is 11.6. The van der Waals surface area contributed by atoms with Gasteiger partial charge in [0.15, 0.2) is 15.0 Å². The van der Waals surface area contributed by atoms with Crippen molar-refractivity contribution in [3.05, 3.63) is 77.6 Å². The molecule has 0 saturated heterocycles. The topological polar surface area (TPSA) is 89.5 Å². The van der Waals surface area contributed by atoms with Gasteiger partial charge in [0.1, 0.15) is 11.3 Å². The van der Waals surface area contributed by atoms with Gasteiger partial charge in [0.05, 0.1) is 28.5 Å². The predicted molar refractivity (Wildman–Crippen MR) is 134 cm³/mol. The number of carbonyl (C=O) groups excluding carboxylic acids is 1. The van der Waals surface area contributed by atoms with Crippen LogP contribution < -0.4 is 9.64 Å². The molecule has 0 bridgehead atoms. The number of hydrogen-bond donors (Lipinski definition) is 0. The molecule has 4 aromatic rings. The largest absolute Gasteiger partial charge is 0.494 e. The molecule has 4 rings (SSSR count). The summed E-state index contributed by atoms with van der Waals surface area (Å²) in [6, 6.07) is 13.7. The zero-order valence-corrected chi connectivity index (χ0v) is 21.0. The Morgan fingerprint density at radius 3 is 2.53 bits per heavy atom. The van der Waals surface area contributed by atoms with E-state index in [0.29, 0.717) is 16.4 Å². The molecule has 2 aromatic heterocycles. The van der Waals surface area contributed by atoms with E-state index in [4.69, 9.17) is 9.72 Å². The molecular formula is C25H25N3O4S2. The Kier molecular flexibility index (Phi) is 6.67. The SMILES string of the molecule is COc1ccc(C)c2sc(N(Cc3ccncc3)C(=O)c3cccc(S(=O)(=O)C(C)C)c3)nc12. The zero-order chi connectivity index (χ0) is 24.5. The standard InChI is InChI=1S/C25H25N3O4S2/c1-16(2)34(30,31)20-7-5-6-19(14-20)24(29)28(15-18-10-12-26-13-11-18)25-27-22-21(32-4)9-8-17(3)23(22)33-25/h5-14,16H,15H2,1-4H3. The Morgan fingerprint density at radius 1 is 1.12 bits per heavy atom. The number of sulfone groups is 1. The Bertz CT molecular complexity index is 1450. The lowest BCUT2D eigenvalue weighted by molar-refractivity contribution is 0.0985. The van der Waals surface area contributed by atoms with E-state index in [9.17, 15) is 13.2 Å². The van der Waals surface area contributed by atoms with Gasteiger partial charge in [-0.15, -0.1) is 0 Å². The smallest absolute Gasteiger partial charge is 0.260 e. The van der Waals surface area contributed by atoms with Gasteiger partial charge in [-0.3, -0.25) is 14.7 Å². The van der Waals surface area contributed by atoms with Crippen molar-refractivity contribution in [1.29, 1.82) is 0 Å². The summed E-state index contributed by atoms with van der Waals surface area (Å²) in [7, 11) is -1.94. The van der Waals surface area contributed by atoms with Crippen LogP contribution >= 0.6 is 11.3 Å². The van der Waals surface area contributed by atoms with Crippen LogP contribution in [0.4, 0.5) is 5.13 Å². The number of carbonyl (C=O) groups is 1. The molecule has 0 spiro atoms. The van der Waals surface area contributed by atoms with Gasteiger partial charge in [-0.25, -0.2) is 13.4 Å². The number of ether oxygens (including phenoxy) is 1. The molecule has 2 heterocycles. The van der Waals surface area contributed by atoms with Crippen molar-refractivity contribution >= 4 is 42.4 Å². The van der Waals surface area contributed by atoms with E-state index in [1.54, 1.807) is 50.4 Å². The molecule has 0 aliphatic rings. The lowest BCUT2D eigenvalue weighted by atomic mass is 10.2. The van der Waals surface area contributed by atoms with Crippen LogP contribution in [-0.2, 0) is 16.4 Å². The van der Waals surface area contributed by atoms with E-state index >= 15 is 0 Å². The van der Waals surface area contributed by atoms with Crippen LogP contribution in [0.15, 0.2) is 65.8 Å². The molecule has 7 nitrogen and oxygen atoms in total. The number of fused-ring (bicyclic) bond motifs is 1. The highest BCUT2D eigenvalue weighted by Crippen LogP contribution is 2.37. The molecule has 176 valence electrons. The molecular weight excluding hydrogens is 470 g/mol. The molecule has 0 aliphatic heterocycles. The molecule has 0 fully saturated rings. The molecule has 2 aromatic carbocycles. The van der Waals surface area contributed by atoms with Crippen LogP contribution in [-0.4, -0.2) is 36.7 Å². The van der Waals surface area contributed by atoms with E-state index in [1.165, 1.54) is 23.5 Å². The van der Waals surface area contributed by atoms with Gasteiger partial charge in [-0.2, -0.15) is 0 Å². The van der Waals surface area contributed by atoms with Crippen molar-refractivity contribution in [3.8, 4) is 5.75 Å². The summed E-state index contributed by atoms with van der Waals surface area (Å²) in [6.07, 6.45) is 3.33. The van der Waals surface area contributed by atoms with E-state index < -0.39 is 15.1 Å². The molecule has 9 heteroatoms. The van der Waals surface area contributed by atoms with Gasteiger partial charge in [0.25, 0.3) is 5.91 Å². The number of methoxy groups -OCH3 is 1. The molecule has 0 radical (unpaired) electrons. The number of amides is 1. The third-order valence-corrected chi connectivity index (χ3v) is 8.87. The molecule has 0 N–H and O–H groups in total. The zero-order valence-electron chi connectivity index (χ0n) is 19.3. The quantitative estimate of drug-likeness (QED) is 0.357. The Morgan fingerprint density at radius 2 is 1.85 bits per heavy atom. The summed E-state index contributed by atoms with van der Waals surface area (Å²) in [5.41, 5.74) is 2.86. The second kappa shape index (κ2) is 9.52. The highest BCUT2D eigenvalue weighted by atomic mass is 32.2. The fourth-order valence-corrected chi connectivity index (χ4v) is 5.66. The fraction of sp³-hybridized carbons (Fsp3) is 0.240. The average Bonchev–Trinajstić information content (AvgIpc) is 3.29. The predicted octanol–water partition coefficient (Wildman–Crippen LogP) is 5.04. The molecule has 0 saturated carbocycles. The summed E-state index contributed by atoms with van der Waals surface area (Å²) < 4.78 is 31.8. The monoisotopic (exact) mass is 495 g/mol. The Balaban J connectivity index is 1.83. The van der Waals surface area contributed by atoms with Gasteiger partial charge >= 0.3 is 0 Å². The minimum Gasteiger partial charge on any atom is -0.494 e. The van der Waals surface area contributed by atoms with Crippen LogP contribution in [0.2, 0.25) is 0 Å². The first-order chi connectivity index (χ1) is 16.2. The first-order valence-electron chi connectivity index (χ1n) is 10.7. The first kappa shape index (κ1) is 23.8. The minimum atomic E-state index is -3.53. The van der Waals surface area contributed by atoms with Gasteiger partial charge in [-0.1, -0.05) is 23.5 Å². The number of rotatable bonds is 7. The van der Waals surface area contributed by atoms with E-state index in [2.05, 4.69) is 4.98 Å². The normalized spacial score (nSPS) is 11.7. The highest BCUT2D eigenvalue weighted by Gasteiger charge is 2.26. The number of anilines is 1. The summed E-state index contributed by atoms with van der Waals surface area (Å²) >= 11 is 1.40. The maximum atomic E-state index is 13.8. The molecule has 1 amide bonds. The lowest BCUT2D eigenvalue weighted by Crippen LogP contribution is -2.30. The lowest BCUT2D eigenvalue weighted by Gasteiger charge is -2.20. The van der Waals surface area contributed by atoms with E-state index in [0.717, 1.165) is 15.8 Å². The third-order valence-electron chi connectivity index (χ3n) is 5.51. The van der Waals surface area contributed by atoms with Crippen molar-refractivity contribution in [3.63, 3.8) is 0 Å². The maximum absolute atomic E-state index is 13.8. The van der Waals surface area contributed by atoms with Crippen molar-refractivity contribution in [2.24, 2.45) is 0 Å². The van der Waals surface area contributed by atoms with Crippen molar-refractivity contribution in [2.45, 2.75) is 37.5 Å². The van der Waals surface area contributed by atoms with Gasteiger partial charge in [0, 0.05) is 18.0 Å². The van der Waals surface area contributed by atoms with Gasteiger partial charge in [-0.05, 0) is 68.3 Å². The number of thiazole rings is 1. The number of nitrogens with zero attached hydrogens (tertiary/aromatic N) is 3. The summed E-state index contributed by atoms with van der Waals surface area (Å²) in [6.45, 7) is 5.48. The molecule has 34 heavy (non-hydrogen) atoms. The summed E-state index contributed by atoms with van der Waals surface area (Å²) in [5, 5.41) is -0.0907. The van der Waals surface area contributed by atoms with Crippen molar-refractivity contribution < 1.29 is 17.9 Å².